The number of carboxylic acid groups (broad SMARTS) is 1. The molecule has 6 heteroatoms. The van der Waals surface area contributed by atoms with Crippen LogP contribution in [0.25, 0.3) is 0 Å². The van der Waals surface area contributed by atoms with E-state index < -0.39 is 18.1 Å². The Morgan fingerprint density at radius 3 is 2.71 bits per heavy atom. The number of rotatable bonds is 4. The van der Waals surface area contributed by atoms with Gasteiger partial charge in [-0.1, -0.05) is 0 Å². The van der Waals surface area contributed by atoms with Crippen LogP contribution in [0.4, 0.5) is 4.79 Å². The minimum absolute atomic E-state index is 0.232. The summed E-state index contributed by atoms with van der Waals surface area (Å²) in [5, 5.41) is 9.28. The molecule has 1 aliphatic carbocycles. The monoisotopic (exact) mass is 259 g/mol. The van der Waals surface area contributed by atoms with E-state index in [0.717, 1.165) is 11.7 Å². The molecule has 0 aromatic rings. The summed E-state index contributed by atoms with van der Waals surface area (Å²) in [6, 6.07) is -0.616. The molecule has 1 aliphatic heterocycles. The fourth-order valence-corrected chi connectivity index (χ4v) is 3.51. The van der Waals surface area contributed by atoms with Crippen LogP contribution in [0.5, 0.6) is 0 Å². The van der Waals surface area contributed by atoms with Crippen molar-refractivity contribution in [2.45, 2.75) is 30.6 Å². The number of nitrogens with zero attached hydrogens (tertiary/aromatic N) is 1. The van der Waals surface area contributed by atoms with Crippen LogP contribution in [-0.4, -0.2) is 52.8 Å². The summed E-state index contributed by atoms with van der Waals surface area (Å²) in [7, 11) is 1.30. The quantitative estimate of drug-likeness (QED) is 0.773. The van der Waals surface area contributed by atoms with E-state index in [4.69, 9.17) is 5.11 Å². The van der Waals surface area contributed by atoms with Crippen molar-refractivity contribution in [3.8, 4) is 0 Å². The molecule has 0 spiro atoms. The number of hydrogen-bond acceptors (Lipinski definition) is 4. The Balaban J connectivity index is 1.90. The van der Waals surface area contributed by atoms with Crippen LogP contribution in [0.15, 0.2) is 0 Å². The smallest absolute Gasteiger partial charge is 0.408 e. The summed E-state index contributed by atoms with van der Waals surface area (Å²) in [4.78, 5) is 23.7. The number of amides is 1. The van der Waals surface area contributed by atoms with Gasteiger partial charge in [0.1, 0.15) is 6.04 Å². The maximum atomic E-state index is 11.5. The molecule has 2 rings (SSSR count). The van der Waals surface area contributed by atoms with Crippen molar-refractivity contribution in [1.29, 1.82) is 0 Å². The van der Waals surface area contributed by atoms with Gasteiger partial charge in [-0.3, -0.25) is 4.90 Å². The van der Waals surface area contributed by atoms with Gasteiger partial charge in [-0.25, -0.2) is 9.59 Å². The van der Waals surface area contributed by atoms with Gasteiger partial charge in [0.15, 0.2) is 0 Å². The number of carbonyl (C=O) groups excluding carboxylic acids is 1. The van der Waals surface area contributed by atoms with Gasteiger partial charge in [-0.05, 0) is 30.9 Å². The van der Waals surface area contributed by atoms with E-state index in [1.165, 1.54) is 24.9 Å². The van der Waals surface area contributed by atoms with Gasteiger partial charge in [0.05, 0.1) is 7.11 Å². The molecule has 1 N–H and O–H groups in total. The van der Waals surface area contributed by atoms with E-state index >= 15 is 0 Å². The zero-order valence-electron chi connectivity index (χ0n) is 9.80. The third kappa shape index (κ3) is 3.06. The maximum Gasteiger partial charge on any atom is 0.408 e. The van der Waals surface area contributed by atoms with Gasteiger partial charge in [-0.2, -0.15) is 11.8 Å². The van der Waals surface area contributed by atoms with Crippen LogP contribution < -0.4 is 0 Å². The lowest BCUT2D eigenvalue weighted by Crippen LogP contribution is -2.40. The normalized spacial score (nSPS) is 28.2. The molecule has 1 amide bonds. The summed E-state index contributed by atoms with van der Waals surface area (Å²) < 4.78 is 4.65. The van der Waals surface area contributed by atoms with Crippen LogP contribution in [0.3, 0.4) is 0 Å². The average molecular weight is 259 g/mol. The Bertz CT molecular complexity index is 319. The molecule has 0 aromatic carbocycles. The highest BCUT2D eigenvalue weighted by molar-refractivity contribution is 7.99. The number of hydrogen-bond donors (Lipinski definition) is 1. The second kappa shape index (κ2) is 5.16. The lowest BCUT2D eigenvalue weighted by molar-refractivity contribution is -0.145. The van der Waals surface area contributed by atoms with Crippen LogP contribution >= 0.6 is 11.8 Å². The first-order valence-electron chi connectivity index (χ1n) is 5.80. The van der Waals surface area contributed by atoms with Crippen LogP contribution in [0.1, 0.15) is 19.3 Å². The number of likely N-dealkylation sites (tertiary alicyclic amines) is 1. The highest BCUT2D eigenvalue weighted by Crippen LogP contribution is 2.36. The van der Waals surface area contributed by atoms with Crippen molar-refractivity contribution in [1.82, 2.24) is 4.90 Å². The number of ether oxygens (including phenoxy) is 1. The third-order valence-electron chi connectivity index (χ3n) is 3.25. The molecule has 0 unspecified atom stereocenters. The first-order valence-corrected chi connectivity index (χ1v) is 6.85. The van der Waals surface area contributed by atoms with Crippen molar-refractivity contribution in [2.24, 2.45) is 5.92 Å². The lowest BCUT2D eigenvalue weighted by atomic mass is 10.2. The van der Waals surface area contributed by atoms with E-state index in [9.17, 15) is 9.59 Å². The van der Waals surface area contributed by atoms with E-state index in [-0.39, 0.29) is 5.25 Å². The number of methoxy groups -OCH3 is 1. The van der Waals surface area contributed by atoms with Crippen molar-refractivity contribution >= 4 is 23.8 Å². The van der Waals surface area contributed by atoms with Crippen LogP contribution in [0, 0.1) is 5.92 Å². The van der Waals surface area contributed by atoms with Gasteiger partial charge < -0.3 is 9.84 Å². The molecule has 0 bridgehead atoms. The zero-order chi connectivity index (χ0) is 12.4. The van der Waals surface area contributed by atoms with Crippen LogP contribution in [0.2, 0.25) is 0 Å². The Morgan fingerprint density at radius 2 is 2.18 bits per heavy atom. The molecule has 17 heavy (non-hydrogen) atoms. The Hall–Kier alpha value is -0.910. The second-order valence-corrected chi connectivity index (χ2v) is 5.94. The van der Waals surface area contributed by atoms with Gasteiger partial charge in [0.25, 0.3) is 0 Å². The van der Waals surface area contributed by atoms with Crippen molar-refractivity contribution in [3.05, 3.63) is 0 Å². The highest BCUT2D eigenvalue weighted by atomic mass is 32.2. The minimum Gasteiger partial charge on any atom is -0.467 e. The fraction of sp³-hybridized carbons (Fsp3) is 0.818. The predicted molar refractivity (Wildman–Crippen MR) is 64.1 cm³/mol. The van der Waals surface area contributed by atoms with E-state index in [2.05, 4.69) is 4.74 Å². The Kier molecular flexibility index (Phi) is 3.81. The van der Waals surface area contributed by atoms with Gasteiger partial charge in [-0.15, -0.1) is 0 Å². The molecule has 1 saturated carbocycles. The topological polar surface area (TPSA) is 66.8 Å². The average Bonchev–Trinajstić information content (AvgIpc) is 3.03. The Labute approximate surface area is 104 Å². The number of carbonyl (C=O) groups is 2. The molecule has 2 atom stereocenters. The molecule has 5 nitrogen and oxygen atoms in total. The standard InChI is InChI=1S/C11H17NO4S/c1-16-10(13)9-4-8(5-12(9)11(14)15)17-6-7-2-3-7/h7-9H,2-6H2,1H3,(H,14,15)/t8-,9+/m1/s1. The van der Waals surface area contributed by atoms with E-state index in [0.29, 0.717) is 13.0 Å². The first-order chi connectivity index (χ1) is 8.11. The largest absolute Gasteiger partial charge is 0.467 e. The van der Waals surface area contributed by atoms with Crippen molar-refractivity contribution in [3.63, 3.8) is 0 Å². The van der Waals surface area contributed by atoms with Crippen LogP contribution in [-0.2, 0) is 9.53 Å². The van der Waals surface area contributed by atoms with Gasteiger partial charge >= 0.3 is 12.1 Å². The van der Waals surface area contributed by atoms with E-state index in [1.807, 2.05) is 0 Å². The summed E-state index contributed by atoms with van der Waals surface area (Å²) >= 11 is 1.79. The summed E-state index contributed by atoms with van der Waals surface area (Å²) in [5.74, 6) is 1.46. The summed E-state index contributed by atoms with van der Waals surface area (Å²) in [6.45, 7) is 0.437. The number of thioether (sulfide) groups is 1. The first kappa shape index (κ1) is 12.5. The highest BCUT2D eigenvalue weighted by Gasteiger charge is 2.41. The zero-order valence-corrected chi connectivity index (χ0v) is 10.6. The molecule has 2 fully saturated rings. The molecular weight excluding hydrogens is 242 g/mol. The Morgan fingerprint density at radius 1 is 1.47 bits per heavy atom. The number of esters is 1. The van der Waals surface area contributed by atoms with Gasteiger partial charge in [0, 0.05) is 11.8 Å². The predicted octanol–water partition coefficient (Wildman–Crippen LogP) is 1.42. The molecule has 1 saturated heterocycles. The molecule has 2 aliphatic rings. The molecular formula is C11H17NO4S. The summed E-state index contributed by atoms with van der Waals surface area (Å²) in [5.41, 5.74) is 0. The van der Waals surface area contributed by atoms with Gasteiger partial charge in [0.2, 0.25) is 0 Å². The maximum absolute atomic E-state index is 11.5. The second-order valence-electron chi connectivity index (χ2n) is 4.61. The minimum atomic E-state index is -1.03. The fourth-order valence-electron chi connectivity index (χ4n) is 2.05. The SMILES string of the molecule is COC(=O)[C@@H]1C[C@@H](SCC2CC2)CN1C(=O)O. The molecule has 0 radical (unpaired) electrons. The van der Waals surface area contributed by atoms with Crippen molar-refractivity contribution in [2.75, 3.05) is 19.4 Å². The molecule has 96 valence electrons. The lowest BCUT2D eigenvalue weighted by Gasteiger charge is -2.18. The van der Waals surface area contributed by atoms with E-state index in [1.54, 1.807) is 11.8 Å². The summed E-state index contributed by atoms with van der Waals surface area (Å²) in [6.07, 6.45) is 2.14. The molecule has 0 aromatic heterocycles. The third-order valence-corrected chi connectivity index (χ3v) is 4.72. The molecule has 1 heterocycles. The van der Waals surface area contributed by atoms with Crippen molar-refractivity contribution < 1.29 is 19.4 Å².